The standard InChI is InChI=1S/C10H19ClO.H2O/c1-9(2)5-7(11)8(12)6-10(9,3)4;/h7-8,12H,5-6H2,1-4H3;1H2. The second-order valence-electron chi connectivity index (χ2n) is 5.26. The minimum atomic E-state index is -0.324. The Morgan fingerprint density at radius 1 is 1.08 bits per heavy atom. The van der Waals surface area contributed by atoms with Crippen molar-refractivity contribution in [2.75, 3.05) is 0 Å². The second kappa shape index (κ2) is 3.76. The molecule has 1 fully saturated rings. The van der Waals surface area contributed by atoms with Crippen LogP contribution in [0.5, 0.6) is 0 Å². The molecule has 0 aromatic rings. The van der Waals surface area contributed by atoms with Gasteiger partial charge in [-0.15, -0.1) is 11.6 Å². The third kappa shape index (κ3) is 2.36. The zero-order valence-corrected chi connectivity index (χ0v) is 9.65. The van der Waals surface area contributed by atoms with E-state index in [1.54, 1.807) is 0 Å². The average molecular weight is 209 g/mol. The zero-order valence-electron chi connectivity index (χ0n) is 8.89. The van der Waals surface area contributed by atoms with Crippen LogP contribution in [-0.2, 0) is 0 Å². The molecule has 0 aromatic heterocycles. The van der Waals surface area contributed by atoms with Crippen LogP contribution < -0.4 is 0 Å². The fourth-order valence-electron chi connectivity index (χ4n) is 1.83. The van der Waals surface area contributed by atoms with E-state index in [9.17, 15) is 5.11 Å². The molecule has 13 heavy (non-hydrogen) atoms. The molecular weight excluding hydrogens is 188 g/mol. The Labute approximate surface area is 85.6 Å². The van der Waals surface area contributed by atoms with E-state index in [4.69, 9.17) is 11.6 Å². The number of aliphatic hydroxyl groups excluding tert-OH is 1. The van der Waals surface area contributed by atoms with Gasteiger partial charge in [0.2, 0.25) is 0 Å². The van der Waals surface area contributed by atoms with E-state index in [1.807, 2.05) is 0 Å². The van der Waals surface area contributed by atoms with Crippen molar-refractivity contribution in [3.8, 4) is 0 Å². The van der Waals surface area contributed by atoms with E-state index < -0.39 is 0 Å². The summed E-state index contributed by atoms with van der Waals surface area (Å²) in [5.74, 6) is 0. The Bertz CT molecular complexity index is 158. The van der Waals surface area contributed by atoms with Gasteiger partial charge in [-0.3, -0.25) is 0 Å². The van der Waals surface area contributed by atoms with E-state index in [1.165, 1.54) is 0 Å². The van der Waals surface area contributed by atoms with Crippen LogP contribution in [0.4, 0.5) is 0 Å². The lowest BCUT2D eigenvalue weighted by Gasteiger charge is -2.49. The molecule has 0 heterocycles. The highest BCUT2D eigenvalue weighted by Gasteiger charge is 2.45. The molecule has 3 heteroatoms. The topological polar surface area (TPSA) is 51.7 Å². The van der Waals surface area contributed by atoms with Crippen molar-refractivity contribution >= 4 is 11.6 Å². The molecular formula is C10H21ClO2. The molecule has 2 atom stereocenters. The van der Waals surface area contributed by atoms with Gasteiger partial charge < -0.3 is 10.6 Å². The Hall–Kier alpha value is 0.210. The lowest BCUT2D eigenvalue weighted by molar-refractivity contribution is -0.0215. The predicted molar refractivity (Wildman–Crippen MR) is 56.1 cm³/mol. The highest BCUT2D eigenvalue weighted by Crippen LogP contribution is 2.50. The molecule has 0 saturated heterocycles. The first kappa shape index (κ1) is 13.2. The summed E-state index contributed by atoms with van der Waals surface area (Å²) in [6.45, 7) is 8.88. The van der Waals surface area contributed by atoms with Crippen LogP contribution in [-0.4, -0.2) is 22.1 Å². The van der Waals surface area contributed by atoms with Crippen molar-refractivity contribution in [3.05, 3.63) is 0 Å². The Morgan fingerprint density at radius 3 is 1.85 bits per heavy atom. The van der Waals surface area contributed by atoms with Gasteiger partial charge in [0.25, 0.3) is 0 Å². The quantitative estimate of drug-likeness (QED) is 0.608. The average Bonchev–Trinajstić information content (AvgIpc) is 1.82. The van der Waals surface area contributed by atoms with Crippen LogP contribution in [0.2, 0.25) is 0 Å². The van der Waals surface area contributed by atoms with Crippen molar-refractivity contribution in [1.82, 2.24) is 0 Å². The van der Waals surface area contributed by atoms with Gasteiger partial charge in [0.15, 0.2) is 0 Å². The lowest BCUT2D eigenvalue weighted by atomic mass is 9.59. The largest absolute Gasteiger partial charge is 0.412 e. The minimum Gasteiger partial charge on any atom is -0.412 e. The van der Waals surface area contributed by atoms with Gasteiger partial charge in [-0.1, -0.05) is 27.7 Å². The maximum absolute atomic E-state index is 9.61. The van der Waals surface area contributed by atoms with Crippen molar-refractivity contribution in [2.45, 2.75) is 52.0 Å². The van der Waals surface area contributed by atoms with Crippen molar-refractivity contribution < 1.29 is 10.6 Å². The van der Waals surface area contributed by atoms with E-state index in [0.717, 1.165) is 12.8 Å². The summed E-state index contributed by atoms with van der Waals surface area (Å²) >= 11 is 6.03. The number of halogens is 1. The molecule has 80 valence electrons. The van der Waals surface area contributed by atoms with E-state index >= 15 is 0 Å². The Morgan fingerprint density at radius 2 is 1.46 bits per heavy atom. The number of aliphatic hydroxyl groups is 1. The molecule has 2 nitrogen and oxygen atoms in total. The van der Waals surface area contributed by atoms with Gasteiger partial charge in [0.1, 0.15) is 0 Å². The maximum Gasteiger partial charge on any atom is 0.0709 e. The SMILES string of the molecule is CC1(C)CC(O)C(Cl)CC1(C)C.O. The normalized spacial score (nSPS) is 36.5. The van der Waals surface area contributed by atoms with Gasteiger partial charge in [-0.25, -0.2) is 0 Å². The molecule has 1 saturated carbocycles. The van der Waals surface area contributed by atoms with E-state index in [0.29, 0.717) is 0 Å². The van der Waals surface area contributed by atoms with Gasteiger partial charge >= 0.3 is 0 Å². The molecule has 0 radical (unpaired) electrons. The van der Waals surface area contributed by atoms with Crippen LogP contribution in [0, 0.1) is 10.8 Å². The molecule has 1 aliphatic rings. The monoisotopic (exact) mass is 208 g/mol. The van der Waals surface area contributed by atoms with Crippen LogP contribution in [0.15, 0.2) is 0 Å². The first-order valence-electron chi connectivity index (χ1n) is 4.58. The fraction of sp³-hybridized carbons (Fsp3) is 1.00. The molecule has 2 unspecified atom stereocenters. The summed E-state index contributed by atoms with van der Waals surface area (Å²) in [4.78, 5) is 0. The van der Waals surface area contributed by atoms with Gasteiger partial charge in [-0.2, -0.15) is 0 Å². The van der Waals surface area contributed by atoms with Crippen LogP contribution in [0.25, 0.3) is 0 Å². The van der Waals surface area contributed by atoms with Crippen LogP contribution in [0.3, 0.4) is 0 Å². The number of rotatable bonds is 0. The Kier molecular flexibility index (Phi) is 3.82. The predicted octanol–water partition coefficient (Wildman–Crippen LogP) is 1.98. The first-order chi connectivity index (χ1) is 5.26. The van der Waals surface area contributed by atoms with Crippen LogP contribution >= 0.6 is 11.6 Å². The number of alkyl halides is 1. The molecule has 0 aliphatic heterocycles. The smallest absolute Gasteiger partial charge is 0.0709 e. The summed E-state index contributed by atoms with van der Waals surface area (Å²) in [7, 11) is 0. The summed E-state index contributed by atoms with van der Waals surface area (Å²) < 4.78 is 0. The zero-order chi connectivity index (χ0) is 9.57. The molecule has 1 aliphatic carbocycles. The second-order valence-corrected chi connectivity index (χ2v) is 5.82. The lowest BCUT2D eigenvalue weighted by Crippen LogP contribution is -2.46. The number of hydrogen-bond donors (Lipinski definition) is 1. The summed E-state index contributed by atoms with van der Waals surface area (Å²) in [6.07, 6.45) is 1.39. The molecule has 0 spiro atoms. The molecule has 0 aromatic carbocycles. The highest BCUT2D eigenvalue weighted by atomic mass is 35.5. The Balaban J connectivity index is 0.00000144. The van der Waals surface area contributed by atoms with Gasteiger partial charge in [0.05, 0.1) is 11.5 Å². The van der Waals surface area contributed by atoms with Crippen molar-refractivity contribution in [3.63, 3.8) is 0 Å². The molecule has 0 bridgehead atoms. The van der Waals surface area contributed by atoms with Crippen molar-refractivity contribution in [2.24, 2.45) is 10.8 Å². The number of hydrogen-bond acceptors (Lipinski definition) is 1. The summed E-state index contributed by atoms with van der Waals surface area (Å²) in [5, 5.41) is 9.55. The fourth-order valence-corrected chi connectivity index (χ4v) is 2.30. The molecule has 1 rings (SSSR count). The summed E-state index contributed by atoms with van der Waals surface area (Å²) in [6, 6.07) is 0. The third-order valence-corrected chi connectivity index (χ3v) is 4.12. The summed E-state index contributed by atoms with van der Waals surface area (Å²) in [5.41, 5.74) is 0.427. The van der Waals surface area contributed by atoms with Gasteiger partial charge in [0, 0.05) is 0 Å². The van der Waals surface area contributed by atoms with Gasteiger partial charge in [-0.05, 0) is 23.7 Å². The maximum atomic E-state index is 9.61. The first-order valence-corrected chi connectivity index (χ1v) is 5.02. The third-order valence-electron chi connectivity index (χ3n) is 3.67. The minimum absolute atomic E-state index is 0. The molecule has 3 N–H and O–H groups in total. The van der Waals surface area contributed by atoms with E-state index in [2.05, 4.69) is 27.7 Å². The van der Waals surface area contributed by atoms with Crippen molar-refractivity contribution in [1.29, 1.82) is 0 Å². The van der Waals surface area contributed by atoms with E-state index in [-0.39, 0.29) is 27.8 Å². The molecule has 0 amide bonds. The highest BCUT2D eigenvalue weighted by molar-refractivity contribution is 6.21. The van der Waals surface area contributed by atoms with Crippen LogP contribution in [0.1, 0.15) is 40.5 Å².